The van der Waals surface area contributed by atoms with Crippen molar-refractivity contribution in [2.75, 3.05) is 13.7 Å². The number of halogens is 3. The molecule has 1 N–H and O–H groups in total. The van der Waals surface area contributed by atoms with Crippen molar-refractivity contribution in [1.82, 2.24) is 5.32 Å². The van der Waals surface area contributed by atoms with Gasteiger partial charge in [-0.15, -0.1) is 0 Å². The summed E-state index contributed by atoms with van der Waals surface area (Å²) in [6, 6.07) is 3.52. The van der Waals surface area contributed by atoms with Crippen LogP contribution in [0.5, 0.6) is 5.75 Å². The van der Waals surface area contributed by atoms with E-state index in [1.807, 2.05) is 0 Å². The highest BCUT2D eigenvalue weighted by Crippen LogP contribution is 2.36. The summed E-state index contributed by atoms with van der Waals surface area (Å²) in [5.41, 5.74) is -1.36. The van der Waals surface area contributed by atoms with Gasteiger partial charge in [0.25, 0.3) is 0 Å². The van der Waals surface area contributed by atoms with Gasteiger partial charge in [0.2, 0.25) is 0 Å². The van der Waals surface area contributed by atoms with Crippen LogP contribution in [0.2, 0.25) is 0 Å². The number of hydrogen-bond donors (Lipinski definition) is 1. The molecule has 4 nitrogen and oxygen atoms in total. The molecule has 0 spiro atoms. The van der Waals surface area contributed by atoms with Gasteiger partial charge in [0.1, 0.15) is 11.4 Å². The van der Waals surface area contributed by atoms with Crippen molar-refractivity contribution in [2.24, 2.45) is 0 Å². The molecule has 0 aliphatic heterocycles. The SMILES string of the molecule is COc1ccc(C#CCNC(=O)OC(C)(C)C)cc1C(F)(F)F. The Hall–Kier alpha value is -2.36. The van der Waals surface area contributed by atoms with Gasteiger partial charge in [0, 0.05) is 5.56 Å². The molecule has 0 saturated heterocycles. The van der Waals surface area contributed by atoms with Crippen LogP contribution in [0.25, 0.3) is 0 Å². The molecular formula is C16H18F3NO3. The zero-order chi connectivity index (χ0) is 17.7. The van der Waals surface area contributed by atoms with Crippen LogP contribution in [0, 0.1) is 11.8 Å². The Morgan fingerprint density at radius 3 is 2.43 bits per heavy atom. The van der Waals surface area contributed by atoms with Gasteiger partial charge in [-0.3, -0.25) is 0 Å². The maximum absolute atomic E-state index is 12.9. The fourth-order valence-corrected chi connectivity index (χ4v) is 1.58. The lowest BCUT2D eigenvalue weighted by atomic mass is 10.1. The second kappa shape index (κ2) is 7.27. The van der Waals surface area contributed by atoms with Crippen molar-refractivity contribution in [3.05, 3.63) is 29.3 Å². The summed E-state index contributed by atoms with van der Waals surface area (Å²) in [4.78, 5) is 11.4. The van der Waals surface area contributed by atoms with E-state index in [0.717, 1.165) is 6.07 Å². The van der Waals surface area contributed by atoms with E-state index in [0.29, 0.717) is 0 Å². The standard InChI is InChI=1S/C16H18F3NO3/c1-15(2,3)23-14(21)20-9-5-6-11-7-8-13(22-4)12(10-11)16(17,18)19/h7-8,10H,9H2,1-4H3,(H,20,21). The van der Waals surface area contributed by atoms with Crippen molar-refractivity contribution < 1.29 is 27.4 Å². The van der Waals surface area contributed by atoms with Gasteiger partial charge >= 0.3 is 12.3 Å². The second-order valence-electron chi connectivity index (χ2n) is 5.57. The van der Waals surface area contributed by atoms with Gasteiger partial charge in [0.05, 0.1) is 19.2 Å². The molecule has 1 aromatic rings. The third-order valence-electron chi connectivity index (χ3n) is 2.46. The minimum absolute atomic E-state index is 0.0394. The maximum atomic E-state index is 12.9. The van der Waals surface area contributed by atoms with Crippen LogP contribution in [0.3, 0.4) is 0 Å². The molecule has 0 heterocycles. The summed E-state index contributed by atoms with van der Waals surface area (Å²) in [7, 11) is 1.17. The number of nitrogens with one attached hydrogen (secondary N) is 1. The van der Waals surface area contributed by atoms with E-state index in [-0.39, 0.29) is 17.9 Å². The number of rotatable bonds is 2. The van der Waals surface area contributed by atoms with Gasteiger partial charge < -0.3 is 14.8 Å². The Bertz CT molecular complexity index is 622. The Kier molecular flexibility index (Phi) is 5.91. The van der Waals surface area contributed by atoms with Crippen LogP contribution in [0.15, 0.2) is 18.2 Å². The van der Waals surface area contributed by atoms with Crippen LogP contribution < -0.4 is 10.1 Å². The first-order valence-corrected chi connectivity index (χ1v) is 6.74. The van der Waals surface area contributed by atoms with E-state index in [1.165, 1.54) is 19.2 Å². The molecule has 23 heavy (non-hydrogen) atoms. The van der Waals surface area contributed by atoms with Crippen LogP contribution in [-0.4, -0.2) is 25.3 Å². The highest BCUT2D eigenvalue weighted by Gasteiger charge is 2.34. The molecule has 1 amide bonds. The van der Waals surface area contributed by atoms with Crippen molar-refractivity contribution >= 4 is 6.09 Å². The van der Waals surface area contributed by atoms with Crippen LogP contribution >= 0.6 is 0 Å². The third kappa shape index (κ3) is 6.51. The zero-order valence-corrected chi connectivity index (χ0v) is 13.3. The number of ether oxygens (including phenoxy) is 2. The first-order valence-electron chi connectivity index (χ1n) is 6.74. The quantitative estimate of drug-likeness (QED) is 0.844. The number of alkyl halides is 3. The average molecular weight is 329 g/mol. The first-order chi connectivity index (χ1) is 10.5. The largest absolute Gasteiger partial charge is 0.496 e. The number of carbonyl (C=O) groups excluding carboxylic acids is 1. The van der Waals surface area contributed by atoms with Crippen molar-refractivity contribution in [3.8, 4) is 17.6 Å². The molecule has 0 atom stereocenters. The minimum Gasteiger partial charge on any atom is -0.496 e. The van der Waals surface area contributed by atoms with E-state index in [2.05, 4.69) is 21.9 Å². The number of amides is 1. The van der Waals surface area contributed by atoms with Crippen LogP contribution in [-0.2, 0) is 10.9 Å². The second-order valence-corrected chi connectivity index (χ2v) is 5.57. The molecule has 0 saturated carbocycles. The van der Waals surface area contributed by atoms with E-state index in [9.17, 15) is 18.0 Å². The van der Waals surface area contributed by atoms with Crippen molar-refractivity contribution in [3.63, 3.8) is 0 Å². The molecule has 126 valence electrons. The highest BCUT2D eigenvalue weighted by molar-refractivity contribution is 5.68. The van der Waals surface area contributed by atoms with Crippen molar-refractivity contribution in [1.29, 1.82) is 0 Å². The molecule has 7 heteroatoms. The monoisotopic (exact) mass is 329 g/mol. The summed E-state index contributed by atoms with van der Waals surface area (Å²) < 4.78 is 48.3. The van der Waals surface area contributed by atoms with Gasteiger partial charge in [-0.05, 0) is 39.0 Å². The Labute approximate surface area is 133 Å². The summed E-state index contributed by atoms with van der Waals surface area (Å²) in [5.74, 6) is 4.85. The number of carbonyl (C=O) groups is 1. The minimum atomic E-state index is -4.53. The first kappa shape index (κ1) is 18.7. The number of hydrogen-bond acceptors (Lipinski definition) is 3. The van der Waals surface area contributed by atoms with Gasteiger partial charge in [-0.25, -0.2) is 4.79 Å². The highest BCUT2D eigenvalue weighted by atomic mass is 19.4. The summed E-state index contributed by atoms with van der Waals surface area (Å²) in [6.45, 7) is 5.11. The Balaban J connectivity index is 2.75. The lowest BCUT2D eigenvalue weighted by Crippen LogP contribution is -2.32. The fraction of sp³-hybridized carbons (Fsp3) is 0.438. The Morgan fingerprint density at radius 1 is 1.26 bits per heavy atom. The molecule has 0 aliphatic carbocycles. The molecule has 0 bridgehead atoms. The summed E-state index contributed by atoms with van der Waals surface area (Å²) in [5, 5.41) is 2.40. The molecule has 1 rings (SSSR count). The average Bonchev–Trinajstić information content (AvgIpc) is 2.40. The molecular weight excluding hydrogens is 311 g/mol. The normalized spacial score (nSPS) is 11.3. The lowest BCUT2D eigenvalue weighted by Gasteiger charge is -2.19. The summed E-state index contributed by atoms with van der Waals surface area (Å²) in [6.07, 6.45) is -5.17. The van der Waals surface area contributed by atoms with Gasteiger partial charge in [-0.1, -0.05) is 11.8 Å². The maximum Gasteiger partial charge on any atom is 0.420 e. The smallest absolute Gasteiger partial charge is 0.420 e. The van der Waals surface area contributed by atoms with Crippen molar-refractivity contribution in [2.45, 2.75) is 32.5 Å². The molecule has 0 fully saturated rings. The van der Waals surface area contributed by atoms with Gasteiger partial charge in [-0.2, -0.15) is 13.2 Å². The molecule has 0 aliphatic rings. The molecule has 0 unspecified atom stereocenters. The van der Waals surface area contributed by atoms with E-state index >= 15 is 0 Å². The number of methoxy groups -OCH3 is 1. The van der Waals surface area contributed by atoms with E-state index in [1.54, 1.807) is 20.8 Å². The van der Waals surface area contributed by atoms with E-state index in [4.69, 9.17) is 4.74 Å². The van der Waals surface area contributed by atoms with Crippen LogP contribution in [0.1, 0.15) is 31.9 Å². The van der Waals surface area contributed by atoms with Gasteiger partial charge in [0.15, 0.2) is 0 Å². The summed E-state index contributed by atoms with van der Waals surface area (Å²) >= 11 is 0. The molecule has 0 aromatic heterocycles. The van der Waals surface area contributed by atoms with E-state index < -0.39 is 23.4 Å². The third-order valence-corrected chi connectivity index (χ3v) is 2.46. The lowest BCUT2D eigenvalue weighted by molar-refractivity contribution is -0.138. The zero-order valence-electron chi connectivity index (χ0n) is 13.3. The van der Waals surface area contributed by atoms with Crippen LogP contribution in [0.4, 0.5) is 18.0 Å². The molecule has 0 radical (unpaired) electrons. The predicted molar refractivity (Wildman–Crippen MR) is 79.1 cm³/mol. The molecule has 1 aromatic carbocycles. The fourth-order valence-electron chi connectivity index (χ4n) is 1.58. The predicted octanol–water partition coefficient (Wildman–Crippen LogP) is 3.59. The topological polar surface area (TPSA) is 47.6 Å². The number of benzene rings is 1. The Morgan fingerprint density at radius 2 is 1.91 bits per heavy atom. The number of alkyl carbamates (subject to hydrolysis) is 1.